The third-order valence-corrected chi connectivity index (χ3v) is 8.27. The number of rotatable bonds is 6. The topological polar surface area (TPSA) is 137 Å². The number of imide groups is 2. The lowest BCUT2D eigenvalue weighted by molar-refractivity contribution is -0.150. The first-order valence-corrected chi connectivity index (χ1v) is 12.9. The van der Waals surface area contributed by atoms with E-state index in [-0.39, 0.29) is 13.0 Å². The minimum Gasteiger partial charge on any atom is -0.598 e. The van der Waals surface area contributed by atoms with E-state index in [0.29, 0.717) is 43.8 Å². The van der Waals surface area contributed by atoms with Gasteiger partial charge in [0.25, 0.3) is 5.91 Å². The lowest BCUT2D eigenvalue weighted by atomic mass is 9.78. The van der Waals surface area contributed by atoms with Crippen molar-refractivity contribution in [1.29, 1.82) is 0 Å². The first-order chi connectivity index (χ1) is 16.5. The van der Waals surface area contributed by atoms with Crippen LogP contribution in [0.5, 0.6) is 5.75 Å². The van der Waals surface area contributed by atoms with E-state index in [9.17, 15) is 23.7 Å². The van der Waals surface area contributed by atoms with Crippen molar-refractivity contribution in [2.24, 2.45) is 5.92 Å². The number of ketones is 1. The highest BCUT2D eigenvalue weighted by molar-refractivity contribution is 7.90. The van der Waals surface area contributed by atoms with Gasteiger partial charge in [0, 0.05) is 49.0 Å². The molecule has 0 aliphatic carbocycles. The Hall–Kier alpha value is -2.47. The van der Waals surface area contributed by atoms with Gasteiger partial charge in [-0.3, -0.25) is 24.6 Å². The van der Waals surface area contributed by atoms with Crippen LogP contribution in [0.4, 0.5) is 4.79 Å². The highest BCUT2D eigenvalue weighted by atomic mass is 32.2. The summed E-state index contributed by atoms with van der Waals surface area (Å²) in [4.78, 5) is 53.2. The van der Waals surface area contributed by atoms with E-state index in [1.165, 1.54) is 0 Å². The number of para-hydroxylation sites is 1. The molecule has 10 nitrogen and oxygen atoms in total. The second-order valence-electron chi connectivity index (χ2n) is 10.1. The van der Waals surface area contributed by atoms with Crippen LogP contribution in [0.1, 0.15) is 52.0 Å². The van der Waals surface area contributed by atoms with Gasteiger partial charge in [-0.15, -0.1) is 4.72 Å². The molecule has 1 aromatic rings. The van der Waals surface area contributed by atoms with E-state index in [4.69, 9.17) is 9.47 Å². The molecule has 3 heterocycles. The molecule has 3 aliphatic heterocycles. The molecule has 1 unspecified atom stereocenters. The standard InChI is InChI=1S/C24H31N3O7S/c1-23(2,3)35(32)26-24(10-13-34-18-7-5-4-6-16(18)24)14-17(28)19-20(29)25-22(31)27(21(19)30)15-8-11-33-12-9-15/h4-7,15,19,26H,8-14H2,1-3H3,(H,25,29,31)/t19?,24-,35+/m1/s1. The maximum absolute atomic E-state index is 13.6. The number of ether oxygens (including phenoxy) is 2. The van der Waals surface area contributed by atoms with E-state index < -0.39 is 57.2 Å². The number of nitrogens with zero attached hydrogens (tertiary/aromatic N) is 1. The predicted octanol–water partition coefficient (Wildman–Crippen LogP) is 1.55. The lowest BCUT2D eigenvalue weighted by Crippen LogP contribution is -2.64. The molecule has 2 saturated heterocycles. The lowest BCUT2D eigenvalue weighted by Gasteiger charge is -2.42. The molecular weight excluding hydrogens is 474 g/mol. The number of hydrogen-bond acceptors (Lipinski definition) is 8. The molecule has 0 saturated carbocycles. The van der Waals surface area contributed by atoms with Gasteiger partial charge in [0.15, 0.2) is 11.7 Å². The Morgan fingerprint density at radius 3 is 2.57 bits per heavy atom. The van der Waals surface area contributed by atoms with Crippen LogP contribution in [0.15, 0.2) is 24.3 Å². The van der Waals surface area contributed by atoms with E-state index in [1.54, 1.807) is 24.3 Å². The second kappa shape index (κ2) is 9.88. The van der Waals surface area contributed by atoms with Gasteiger partial charge < -0.3 is 14.0 Å². The molecule has 1 aromatic carbocycles. The molecule has 2 N–H and O–H groups in total. The SMILES string of the molecule is CC(C)(C)[S@+]([O-])N[C@@]1(CC(=O)C2C(=O)NC(=O)N(C3CCOCC3)C2=O)CCOc2ccccc21. The summed E-state index contributed by atoms with van der Waals surface area (Å²) in [5.41, 5.74) is -0.478. The monoisotopic (exact) mass is 505 g/mol. The summed E-state index contributed by atoms with van der Waals surface area (Å²) in [6.45, 7) is 6.47. The smallest absolute Gasteiger partial charge is 0.331 e. The Balaban J connectivity index is 1.65. The molecule has 0 spiro atoms. The molecule has 3 atom stereocenters. The molecule has 11 heteroatoms. The highest BCUT2D eigenvalue weighted by Gasteiger charge is 2.52. The van der Waals surface area contributed by atoms with Crippen LogP contribution in [0, 0.1) is 5.92 Å². The molecule has 0 aromatic heterocycles. The normalized spacial score (nSPS) is 26.6. The van der Waals surface area contributed by atoms with Crippen LogP contribution < -0.4 is 14.8 Å². The number of fused-ring (bicyclic) bond motifs is 1. The largest absolute Gasteiger partial charge is 0.598 e. The van der Waals surface area contributed by atoms with Crippen molar-refractivity contribution in [2.75, 3.05) is 19.8 Å². The number of nitrogens with one attached hydrogen (secondary N) is 2. The van der Waals surface area contributed by atoms with Gasteiger partial charge in [0.05, 0.1) is 6.61 Å². The van der Waals surface area contributed by atoms with Crippen molar-refractivity contribution in [2.45, 2.75) is 62.8 Å². The first kappa shape index (κ1) is 25.6. The summed E-state index contributed by atoms with van der Waals surface area (Å²) in [6.07, 6.45) is 0.918. The Kier molecular flexibility index (Phi) is 7.23. The van der Waals surface area contributed by atoms with Crippen LogP contribution in [-0.4, -0.2) is 63.7 Å². The van der Waals surface area contributed by atoms with Crippen LogP contribution >= 0.6 is 0 Å². The number of carbonyl (C=O) groups excluding carboxylic acids is 4. The van der Waals surface area contributed by atoms with Crippen LogP contribution in [0.2, 0.25) is 0 Å². The maximum Gasteiger partial charge on any atom is 0.331 e. The summed E-state index contributed by atoms with van der Waals surface area (Å²) in [5, 5.41) is 2.18. The van der Waals surface area contributed by atoms with Crippen molar-refractivity contribution in [1.82, 2.24) is 14.9 Å². The van der Waals surface area contributed by atoms with E-state index in [0.717, 1.165) is 4.90 Å². The Labute approximate surface area is 207 Å². The van der Waals surface area contributed by atoms with Crippen molar-refractivity contribution < 1.29 is 33.2 Å². The number of carbonyl (C=O) groups is 4. The minimum atomic E-state index is -1.66. The summed E-state index contributed by atoms with van der Waals surface area (Å²) in [7, 11) is 0. The highest BCUT2D eigenvalue weighted by Crippen LogP contribution is 2.41. The van der Waals surface area contributed by atoms with Gasteiger partial charge in [-0.1, -0.05) is 18.2 Å². The summed E-state index contributed by atoms with van der Waals surface area (Å²) >= 11 is -1.56. The molecule has 0 bridgehead atoms. The van der Waals surface area contributed by atoms with Crippen molar-refractivity contribution in [3.05, 3.63) is 29.8 Å². The number of barbiturate groups is 1. The minimum absolute atomic E-state index is 0.260. The molecule has 4 rings (SSSR count). The van der Waals surface area contributed by atoms with E-state index in [1.807, 2.05) is 20.8 Å². The number of amides is 4. The fourth-order valence-electron chi connectivity index (χ4n) is 4.68. The van der Waals surface area contributed by atoms with Crippen molar-refractivity contribution >= 4 is 35.0 Å². The maximum atomic E-state index is 13.6. The zero-order valence-electron chi connectivity index (χ0n) is 20.1. The van der Waals surface area contributed by atoms with Crippen LogP contribution in [0.3, 0.4) is 0 Å². The Morgan fingerprint density at radius 1 is 1.20 bits per heavy atom. The number of Topliss-reactive ketones (excluding diaryl/α,β-unsaturated/α-hetero) is 1. The number of benzene rings is 1. The zero-order valence-corrected chi connectivity index (χ0v) is 20.9. The molecule has 0 radical (unpaired) electrons. The third-order valence-electron chi connectivity index (χ3n) is 6.58. The fraction of sp³-hybridized carbons (Fsp3) is 0.583. The van der Waals surface area contributed by atoms with Crippen molar-refractivity contribution in [3.63, 3.8) is 0 Å². The summed E-state index contributed by atoms with van der Waals surface area (Å²) < 4.78 is 26.8. The average Bonchev–Trinajstić information content (AvgIpc) is 2.79. The molecule has 35 heavy (non-hydrogen) atoms. The van der Waals surface area contributed by atoms with Crippen LogP contribution in [0.25, 0.3) is 0 Å². The summed E-state index contributed by atoms with van der Waals surface area (Å²) in [6, 6.07) is 5.89. The molecule has 3 aliphatic rings. The van der Waals surface area contributed by atoms with Gasteiger partial charge in [-0.2, -0.15) is 0 Å². The predicted molar refractivity (Wildman–Crippen MR) is 127 cm³/mol. The third kappa shape index (κ3) is 5.09. The van der Waals surface area contributed by atoms with E-state index >= 15 is 0 Å². The molecular formula is C24H31N3O7S. The van der Waals surface area contributed by atoms with E-state index in [2.05, 4.69) is 10.0 Å². The quantitative estimate of drug-likeness (QED) is 0.439. The van der Waals surface area contributed by atoms with Gasteiger partial charge in [-0.25, -0.2) is 4.79 Å². The van der Waals surface area contributed by atoms with Gasteiger partial charge in [0.1, 0.15) is 16.0 Å². The second-order valence-corrected chi connectivity index (χ2v) is 12.0. The molecule has 190 valence electrons. The zero-order chi connectivity index (χ0) is 25.4. The number of hydrogen-bond donors (Lipinski definition) is 2. The van der Waals surface area contributed by atoms with Crippen LogP contribution in [-0.2, 0) is 36.0 Å². The van der Waals surface area contributed by atoms with Crippen molar-refractivity contribution in [3.8, 4) is 5.75 Å². The van der Waals surface area contributed by atoms with Gasteiger partial charge in [-0.05, 0) is 39.7 Å². The Bertz CT molecular complexity index is 1020. The Morgan fingerprint density at radius 2 is 1.89 bits per heavy atom. The average molecular weight is 506 g/mol. The van der Waals surface area contributed by atoms with Gasteiger partial charge in [0.2, 0.25) is 5.91 Å². The fourth-order valence-corrected chi connectivity index (χ4v) is 5.62. The van der Waals surface area contributed by atoms with Gasteiger partial charge >= 0.3 is 6.03 Å². The number of urea groups is 1. The molecule has 2 fully saturated rings. The molecule has 4 amide bonds. The first-order valence-electron chi connectivity index (χ1n) is 11.7. The summed E-state index contributed by atoms with van der Waals surface area (Å²) in [5.74, 6) is -3.51.